The van der Waals surface area contributed by atoms with Crippen LogP contribution in [0.3, 0.4) is 0 Å². The van der Waals surface area contributed by atoms with Gasteiger partial charge in [0.25, 0.3) is 0 Å². The topological polar surface area (TPSA) is 111 Å². The number of sulfonamides is 1. The summed E-state index contributed by atoms with van der Waals surface area (Å²) in [5.74, 6) is 2.46. The van der Waals surface area contributed by atoms with E-state index in [-0.39, 0.29) is 18.0 Å². The lowest BCUT2D eigenvalue weighted by molar-refractivity contribution is -0.117. The molecule has 4 aromatic rings. The summed E-state index contributed by atoms with van der Waals surface area (Å²) in [6, 6.07) is 11.7. The summed E-state index contributed by atoms with van der Waals surface area (Å²) in [5.41, 5.74) is 6.38. The van der Waals surface area contributed by atoms with Crippen molar-refractivity contribution in [1.29, 1.82) is 0 Å². The number of hydrogen-bond acceptors (Lipinski definition) is 7. The number of imidazole rings is 1. The minimum absolute atomic E-state index is 0.0584. The van der Waals surface area contributed by atoms with Gasteiger partial charge in [-0.2, -0.15) is 0 Å². The van der Waals surface area contributed by atoms with E-state index >= 15 is 0 Å². The Labute approximate surface area is 232 Å². The van der Waals surface area contributed by atoms with Crippen molar-refractivity contribution in [3.8, 4) is 16.9 Å². The van der Waals surface area contributed by atoms with E-state index in [1.54, 1.807) is 0 Å². The van der Waals surface area contributed by atoms with Gasteiger partial charge in [0.2, 0.25) is 15.9 Å². The Balaban J connectivity index is 1.37. The van der Waals surface area contributed by atoms with Crippen LogP contribution in [-0.4, -0.2) is 59.3 Å². The number of rotatable bonds is 5. The largest absolute Gasteiger partial charge is 0.493 e. The van der Waals surface area contributed by atoms with Gasteiger partial charge in [-0.15, -0.1) is 0 Å². The van der Waals surface area contributed by atoms with Gasteiger partial charge in [0, 0.05) is 37.2 Å². The number of fused-ring (bicyclic) bond motifs is 2. The van der Waals surface area contributed by atoms with Gasteiger partial charge < -0.3 is 18.7 Å². The average Bonchev–Trinajstić information content (AvgIpc) is 3.73. The Morgan fingerprint density at radius 2 is 1.90 bits per heavy atom. The molecule has 1 amide bonds. The van der Waals surface area contributed by atoms with Crippen LogP contribution in [0.4, 0.5) is 5.69 Å². The SMILES string of the molecule is Cc1noc(C)c1-c1ccc2c(c1)nc(C1CCC(=O)N1c1ccc3c(c1)CCO3)n2C1CCN(S(C)(=O)=O)C1. The summed E-state index contributed by atoms with van der Waals surface area (Å²) in [6.45, 7) is 5.29. The van der Waals surface area contributed by atoms with Crippen LogP contribution in [0, 0.1) is 13.8 Å². The van der Waals surface area contributed by atoms with Crippen LogP contribution in [0.15, 0.2) is 40.9 Å². The van der Waals surface area contributed by atoms with Gasteiger partial charge in [0.15, 0.2) is 0 Å². The molecule has 2 saturated heterocycles. The third kappa shape index (κ3) is 4.02. The summed E-state index contributed by atoms with van der Waals surface area (Å²) in [6.07, 6.45) is 3.81. The number of aromatic nitrogens is 3. The van der Waals surface area contributed by atoms with E-state index in [1.807, 2.05) is 49.1 Å². The second kappa shape index (κ2) is 9.17. The fourth-order valence-corrected chi connectivity index (χ4v) is 7.46. The predicted octanol–water partition coefficient (Wildman–Crippen LogP) is 4.32. The van der Waals surface area contributed by atoms with Crippen molar-refractivity contribution >= 4 is 32.7 Å². The first-order chi connectivity index (χ1) is 19.2. The summed E-state index contributed by atoms with van der Waals surface area (Å²) in [5, 5.41) is 4.11. The highest BCUT2D eigenvalue weighted by molar-refractivity contribution is 7.88. The normalized spacial score (nSPS) is 21.5. The molecule has 208 valence electrons. The molecule has 11 heteroatoms. The Kier molecular flexibility index (Phi) is 5.79. The van der Waals surface area contributed by atoms with Gasteiger partial charge in [0.1, 0.15) is 17.3 Å². The van der Waals surface area contributed by atoms with Crippen molar-refractivity contribution in [3.63, 3.8) is 0 Å². The molecule has 2 aromatic heterocycles. The molecule has 5 heterocycles. The maximum Gasteiger partial charge on any atom is 0.227 e. The highest BCUT2D eigenvalue weighted by Gasteiger charge is 2.40. The molecule has 2 aromatic carbocycles. The number of benzene rings is 2. The molecule has 3 aliphatic rings. The lowest BCUT2D eigenvalue weighted by Gasteiger charge is -2.27. The zero-order chi connectivity index (χ0) is 27.8. The standard InChI is InChI=1S/C29H31N5O5S/c1-17-28(18(2)39-31-17)20-4-6-24-23(15-20)30-29(34(24)22-10-12-32(16-22)40(3,36)37)25-7-9-27(35)33(25)21-5-8-26-19(14-21)11-13-38-26/h4-6,8,14-15,22,25H,7,9-13,16H2,1-3H3. The van der Waals surface area contributed by atoms with E-state index in [2.05, 4.69) is 15.8 Å². The van der Waals surface area contributed by atoms with Crippen LogP contribution in [-0.2, 0) is 21.2 Å². The van der Waals surface area contributed by atoms with Gasteiger partial charge in [-0.25, -0.2) is 17.7 Å². The van der Waals surface area contributed by atoms with Crippen molar-refractivity contribution in [2.45, 2.75) is 51.6 Å². The van der Waals surface area contributed by atoms with Crippen molar-refractivity contribution in [2.24, 2.45) is 0 Å². The highest BCUT2D eigenvalue weighted by atomic mass is 32.2. The van der Waals surface area contributed by atoms with Crippen LogP contribution >= 0.6 is 0 Å². The minimum atomic E-state index is -3.32. The molecule has 2 atom stereocenters. The van der Waals surface area contributed by atoms with Gasteiger partial charge in [-0.1, -0.05) is 11.2 Å². The first-order valence-electron chi connectivity index (χ1n) is 13.7. The molecule has 7 rings (SSSR count). The zero-order valence-electron chi connectivity index (χ0n) is 22.8. The van der Waals surface area contributed by atoms with Crippen molar-refractivity contribution in [2.75, 3.05) is 30.9 Å². The van der Waals surface area contributed by atoms with Gasteiger partial charge in [0.05, 0.1) is 41.7 Å². The molecule has 10 nitrogen and oxygen atoms in total. The fraction of sp³-hybridized carbons (Fsp3) is 0.414. The molecular weight excluding hydrogens is 530 g/mol. The van der Waals surface area contributed by atoms with E-state index in [0.717, 1.165) is 62.9 Å². The molecule has 40 heavy (non-hydrogen) atoms. The Morgan fingerprint density at radius 3 is 2.65 bits per heavy atom. The molecule has 0 bridgehead atoms. The molecular formula is C29H31N5O5S. The van der Waals surface area contributed by atoms with Crippen molar-refractivity contribution in [1.82, 2.24) is 19.0 Å². The summed E-state index contributed by atoms with van der Waals surface area (Å²) < 4.78 is 39.6. The zero-order valence-corrected chi connectivity index (χ0v) is 23.6. The minimum Gasteiger partial charge on any atom is -0.493 e. The number of carbonyl (C=O) groups excluding carboxylic acids is 1. The third-order valence-corrected chi connectivity index (χ3v) is 9.73. The summed E-state index contributed by atoms with van der Waals surface area (Å²) in [7, 11) is -3.32. The van der Waals surface area contributed by atoms with E-state index < -0.39 is 10.0 Å². The summed E-state index contributed by atoms with van der Waals surface area (Å²) in [4.78, 5) is 20.4. The van der Waals surface area contributed by atoms with E-state index in [1.165, 1.54) is 10.6 Å². The average molecular weight is 562 g/mol. The Hall–Kier alpha value is -3.70. The molecule has 0 spiro atoms. The van der Waals surface area contributed by atoms with Crippen molar-refractivity contribution in [3.05, 3.63) is 59.2 Å². The number of aryl methyl sites for hydroxylation is 2. The number of ether oxygens (including phenoxy) is 1. The van der Waals surface area contributed by atoms with Crippen LogP contribution in [0.25, 0.3) is 22.2 Å². The maximum absolute atomic E-state index is 13.3. The maximum atomic E-state index is 13.3. The first kappa shape index (κ1) is 25.3. The van der Waals surface area contributed by atoms with Crippen LogP contribution in [0.1, 0.15) is 54.2 Å². The number of amides is 1. The molecule has 3 aliphatic heterocycles. The van der Waals surface area contributed by atoms with Gasteiger partial charge in [-0.05, 0) is 68.1 Å². The second-order valence-electron chi connectivity index (χ2n) is 11.0. The monoisotopic (exact) mass is 561 g/mol. The van der Waals surface area contributed by atoms with Crippen LogP contribution in [0.2, 0.25) is 0 Å². The predicted molar refractivity (Wildman–Crippen MR) is 150 cm³/mol. The van der Waals surface area contributed by atoms with E-state index in [0.29, 0.717) is 39.0 Å². The number of anilines is 1. The second-order valence-corrected chi connectivity index (χ2v) is 13.0. The van der Waals surface area contributed by atoms with E-state index in [4.69, 9.17) is 14.2 Å². The Morgan fingerprint density at radius 1 is 1.05 bits per heavy atom. The van der Waals surface area contributed by atoms with Gasteiger partial charge in [-0.3, -0.25) is 4.79 Å². The molecule has 2 fully saturated rings. The quantitative estimate of drug-likeness (QED) is 0.357. The first-order valence-corrected chi connectivity index (χ1v) is 15.5. The smallest absolute Gasteiger partial charge is 0.227 e. The third-order valence-electron chi connectivity index (χ3n) is 8.46. The van der Waals surface area contributed by atoms with Crippen LogP contribution < -0.4 is 9.64 Å². The fourth-order valence-electron chi connectivity index (χ4n) is 6.58. The number of nitrogens with zero attached hydrogens (tertiary/aromatic N) is 5. The highest BCUT2D eigenvalue weighted by Crippen LogP contribution is 2.42. The number of carbonyl (C=O) groups is 1. The molecule has 0 aliphatic carbocycles. The molecule has 2 unspecified atom stereocenters. The Bertz CT molecular complexity index is 1760. The molecule has 0 radical (unpaired) electrons. The van der Waals surface area contributed by atoms with Crippen molar-refractivity contribution < 1.29 is 22.5 Å². The van der Waals surface area contributed by atoms with Crippen LogP contribution in [0.5, 0.6) is 5.75 Å². The molecule has 0 saturated carbocycles. The summed E-state index contributed by atoms with van der Waals surface area (Å²) >= 11 is 0. The van der Waals surface area contributed by atoms with E-state index in [9.17, 15) is 13.2 Å². The molecule has 0 N–H and O–H groups in total. The van der Waals surface area contributed by atoms with Gasteiger partial charge >= 0.3 is 0 Å². The lowest BCUT2D eigenvalue weighted by atomic mass is 10.0. The number of hydrogen-bond donors (Lipinski definition) is 0. The lowest BCUT2D eigenvalue weighted by Crippen LogP contribution is -2.31.